The van der Waals surface area contributed by atoms with Gasteiger partial charge >= 0.3 is 7.60 Å². The lowest BCUT2D eigenvalue weighted by atomic mass is 10.2. The molecule has 1 atom stereocenters. The Hall–Kier alpha value is -1.14. The lowest BCUT2D eigenvalue weighted by Gasteiger charge is -2.27. The van der Waals surface area contributed by atoms with Crippen molar-refractivity contribution in [2.75, 3.05) is 19.8 Å². The average Bonchev–Trinajstić information content (AvgIpc) is 2.92. The van der Waals surface area contributed by atoms with E-state index < -0.39 is 17.6 Å². The fourth-order valence-corrected chi connectivity index (χ4v) is 6.45. The van der Waals surface area contributed by atoms with Crippen LogP contribution in [0.15, 0.2) is 40.7 Å². The maximum atomic E-state index is 13.1. The largest absolute Gasteiger partial charge is 0.377 e. The second kappa shape index (κ2) is 7.40. The van der Waals surface area contributed by atoms with E-state index in [0.717, 1.165) is 9.87 Å². The molecule has 0 aliphatic carbocycles. The molecule has 0 saturated heterocycles. The van der Waals surface area contributed by atoms with Gasteiger partial charge < -0.3 is 9.05 Å². The molecule has 0 radical (unpaired) electrons. The van der Waals surface area contributed by atoms with E-state index in [9.17, 15) is 13.0 Å². The maximum absolute atomic E-state index is 13.1. The molecule has 6 nitrogen and oxygen atoms in total. The minimum Gasteiger partial charge on any atom is -0.304 e. The van der Waals surface area contributed by atoms with Gasteiger partial charge in [0, 0.05) is 6.54 Å². The summed E-state index contributed by atoms with van der Waals surface area (Å²) in [7, 11) is -7.50. The summed E-state index contributed by atoms with van der Waals surface area (Å²) in [5.41, 5.74) is 1.08. The Morgan fingerprint density at radius 2 is 1.71 bits per heavy atom. The summed E-state index contributed by atoms with van der Waals surface area (Å²) in [6.45, 7) is 7.70. The Bertz CT molecular complexity index is 747. The number of benzene rings is 1. The Balaban J connectivity index is 2.47. The van der Waals surface area contributed by atoms with Gasteiger partial charge in [0.25, 0.3) is 10.0 Å². The minimum absolute atomic E-state index is 0.0746. The predicted molar refractivity (Wildman–Crippen MR) is 93.2 cm³/mol. The molecule has 1 aliphatic heterocycles. The van der Waals surface area contributed by atoms with Gasteiger partial charge in [-0.2, -0.15) is 0 Å². The van der Waals surface area contributed by atoms with Crippen molar-refractivity contribution in [2.24, 2.45) is 5.92 Å². The molecular weight excluding hydrogens is 349 g/mol. The van der Waals surface area contributed by atoms with Crippen molar-refractivity contribution < 1.29 is 22.0 Å². The monoisotopic (exact) mass is 373 g/mol. The van der Waals surface area contributed by atoms with E-state index in [-0.39, 0.29) is 36.0 Å². The van der Waals surface area contributed by atoms with E-state index in [4.69, 9.17) is 9.05 Å². The molecule has 134 valence electrons. The van der Waals surface area contributed by atoms with Gasteiger partial charge in [-0.3, -0.25) is 8.87 Å². The van der Waals surface area contributed by atoms with Gasteiger partial charge in [-0.05, 0) is 44.9 Å². The molecule has 24 heavy (non-hydrogen) atoms. The van der Waals surface area contributed by atoms with Crippen LogP contribution in [0.3, 0.4) is 0 Å². The number of rotatable bonds is 7. The van der Waals surface area contributed by atoms with Crippen molar-refractivity contribution >= 4 is 17.6 Å². The third-order valence-electron chi connectivity index (χ3n) is 3.63. The summed E-state index contributed by atoms with van der Waals surface area (Å²) in [5, 5.41) is 0. The third-order valence-corrected chi connectivity index (χ3v) is 7.71. The molecule has 8 heteroatoms. The van der Waals surface area contributed by atoms with Crippen LogP contribution in [0.25, 0.3) is 0 Å². The topological polar surface area (TPSA) is 72.9 Å². The summed E-state index contributed by atoms with van der Waals surface area (Å²) in [6, 6.07) is 6.58. The first-order valence-electron chi connectivity index (χ1n) is 7.95. The van der Waals surface area contributed by atoms with Gasteiger partial charge in [-0.15, -0.1) is 0 Å². The Morgan fingerprint density at radius 3 is 2.21 bits per heavy atom. The molecule has 0 bridgehead atoms. The van der Waals surface area contributed by atoms with E-state index >= 15 is 0 Å². The number of hydrogen-bond acceptors (Lipinski definition) is 5. The summed E-state index contributed by atoms with van der Waals surface area (Å²) in [6.07, 6.45) is 1.66. The summed E-state index contributed by atoms with van der Waals surface area (Å²) in [4.78, 5) is 0.160. The lowest BCUT2D eigenvalue weighted by molar-refractivity contribution is 0.221. The van der Waals surface area contributed by atoms with E-state index in [1.54, 1.807) is 44.2 Å². The molecule has 0 saturated carbocycles. The maximum Gasteiger partial charge on any atom is 0.377 e. The molecule has 1 aromatic rings. The van der Waals surface area contributed by atoms with Crippen LogP contribution in [0.1, 0.15) is 26.3 Å². The molecule has 0 fully saturated rings. The number of hydrogen-bond donors (Lipinski definition) is 0. The Morgan fingerprint density at radius 1 is 1.17 bits per heavy atom. The van der Waals surface area contributed by atoms with Crippen LogP contribution in [-0.2, 0) is 23.6 Å². The first kappa shape index (κ1) is 19.2. The van der Waals surface area contributed by atoms with Crippen molar-refractivity contribution in [3.63, 3.8) is 0 Å². The van der Waals surface area contributed by atoms with E-state index in [1.807, 2.05) is 13.8 Å². The normalized spacial score (nSPS) is 18.8. The molecule has 0 aromatic heterocycles. The highest BCUT2D eigenvalue weighted by atomic mass is 32.2. The predicted octanol–water partition coefficient (Wildman–Crippen LogP) is 3.74. The van der Waals surface area contributed by atoms with Crippen molar-refractivity contribution in [3.8, 4) is 0 Å². The van der Waals surface area contributed by atoms with Crippen LogP contribution in [0.2, 0.25) is 0 Å². The number of aryl methyl sites for hydroxylation is 1. The van der Waals surface area contributed by atoms with Crippen LogP contribution < -0.4 is 0 Å². The molecule has 1 heterocycles. The highest BCUT2D eigenvalue weighted by Gasteiger charge is 2.43. The van der Waals surface area contributed by atoms with E-state index in [1.165, 1.54) is 0 Å². The Labute approximate surface area is 144 Å². The van der Waals surface area contributed by atoms with Gasteiger partial charge in [0.1, 0.15) is 5.44 Å². The second-order valence-corrected chi connectivity index (χ2v) is 9.52. The zero-order valence-corrected chi connectivity index (χ0v) is 16.1. The fourth-order valence-electron chi connectivity index (χ4n) is 2.54. The molecule has 0 amide bonds. The molecule has 1 aliphatic rings. The van der Waals surface area contributed by atoms with Gasteiger partial charge in [0.15, 0.2) is 0 Å². The van der Waals surface area contributed by atoms with Gasteiger partial charge in [-0.25, -0.2) is 8.42 Å². The molecule has 0 N–H and O–H groups in total. The zero-order valence-electron chi connectivity index (χ0n) is 14.4. The SMILES string of the molecule is CCOP(=O)(OCC)C1=CC(C)CN1S(=O)(=O)c1ccc(C)cc1. The average molecular weight is 373 g/mol. The molecule has 1 unspecified atom stereocenters. The number of nitrogens with zero attached hydrogens (tertiary/aromatic N) is 1. The van der Waals surface area contributed by atoms with Crippen LogP contribution >= 0.6 is 7.60 Å². The van der Waals surface area contributed by atoms with E-state index in [2.05, 4.69) is 0 Å². The highest BCUT2D eigenvalue weighted by molar-refractivity contribution is 7.89. The van der Waals surface area contributed by atoms with E-state index in [0.29, 0.717) is 0 Å². The highest BCUT2D eigenvalue weighted by Crippen LogP contribution is 2.60. The first-order chi connectivity index (χ1) is 11.2. The fraction of sp³-hybridized carbons (Fsp3) is 0.500. The third kappa shape index (κ3) is 3.75. The summed E-state index contributed by atoms with van der Waals surface area (Å²) >= 11 is 0. The van der Waals surface area contributed by atoms with Gasteiger partial charge in [0.05, 0.1) is 18.1 Å². The first-order valence-corrected chi connectivity index (χ1v) is 10.9. The van der Waals surface area contributed by atoms with Crippen molar-refractivity contribution in [1.82, 2.24) is 4.31 Å². The molecular formula is C16H24NO5PS. The Kier molecular flexibility index (Phi) is 5.91. The lowest BCUT2D eigenvalue weighted by Crippen LogP contribution is -2.30. The van der Waals surface area contributed by atoms with Crippen molar-refractivity contribution in [3.05, 3.63) is 41.3 Å². The molecule has 0 spiro atoms. The van der Waals surface area contributed by atoms with Gasteiger partial charge in [-0.1, -0.05) is 24.6 Å². The quantitative estimate of drug-likeness (QED) is 0.681. The van der Waals surface area contributed by atoms with Crippen LogP contribution in [-0.4, -0.2) is 32.5 Å². The molecule has 1 aromatic carbocycles. The summed E-state index contributed by atoms with van der Waals surface area (Å²) < 4.78 is 50.9. The molecule has 2 rings (SSSR count). The number of sulfonamides is 1. The second-order valence-electron chi connectivity index (χ2n) is 5.68. The van der Waals surface area contributed by atoms with Crippen molar-refractivity contribution in [1.29, 1.82) is 0 Å². The van der Waals surface area contributed by atoms with Crippen LogP contribution in [0.5, 0.6) is 0 Å². The summed E-state index contributed by atoms with van der Waals surface area (Å²) in [5.74, 6) is -0.0746. The van der Waals surface area contributed by atoms with Crippen molar-refractivity contribution in [2.45, 2.75) is 32.6 Å². The van der Waals surface area contributed by atoms with Gasteiger partial charge in [0.2, 0.25) is 0 Å². The van der Waals surface area contributed by atoms with Crippen LogP contribution in [0.4, 0.5) is 0 Å². The van der Waals surface area contributed by atoms with Crippen LogP contribution in [0, 0.1) is 12.8 Å². The zero-order chi connectivity index (χ0) is 18.0. The standard InChI is InChI=1S/C16H24NO5PS/c1-5-21-23(18,22-6-2)16-11-14(4)12-17(16)24(19,20)15-9-7-13(3)8-10-15/h7-11,14H,5-6,12H2,1-4H3. The smallest absolute Gasteiger partial charge is 0.304 e. The minimum atomic E-state index is -3.82.